The van der Waals surface area contributed by atoms with Crippen molar-refractivity contribution in [1.29, 1.82) is 5.26 Å². The van der Waals surface area contributed by atoms with E-state index in [1.165, 1.54) is 19.3 Å². The van der Waals surface area contributed by atoms with Crippen LogP contribution < -0.4 is 0 Å². The van der Waals surface area contributed by atoms with Gasteiger partial charge >= 0.3 is 0 Å². The standard InChI is InChI=1S/C16H27N3O/c1-14-6-10-19(11-7-14)12-15(20)18(2)16(13-17)8-4-3-5-9-16/h14H,3-12H2,1-2H3. The van der Waals surface area contributed by atoms with Gasteiger partial charge in [-0.2, -0.15) is 5.26 Å². The van der Waals surface area contributed by atoms with E-state index in [0.29, 0.717) is 6.54 Å². The smallest absolute Gasteiger partial charge is 0.237 e. The second kappa shape index (κ2) is 6.58. The minimum Gasteiger partial charge on any atom is -0.326 e. The van der Waals surface area contributed by atoms with Gasteiger partial charge in [0.15, 0.2) is 0 Å². The first-order valence-electron chi connectivity index (χ1n) is 7.98. The van der Waals surface area contributed by atoms with Crippen molar-refractivity contribution in [3.8, 4) is 6.07 Å². The number of hydrogen-bond donors (Lipinski definition) is 0. The Bertz CT molecular complexity index is 374. The predicted octanol–water partition coefficient (Wildman–Crippen LogP) is 2.40. The van der Waals surface area contributed by atoms with Crippen LogP contribution in [0.4, 0.5) is 0 Å². The van der Waals surface area contributed by atoms with Crippen LogP contribution in [0.25, 0.3) is 0 Å². The molecule has 2 rings (SSSR count). The molecule has 1 heterocycles. The number of nitriles is 1. The van der Waals surface area contributed by atoms with Crippen LogP contribution in [0.1, 0.15) is 51.9 Å². The Labute approximate surface area is 122 Å². The SMILES string of the molecule is CC1CCN(CC(=O)N(C)C2(C#N)CCCCC2)CC1. The quantitative estimate of drug-likeness (QED) is 0.796. The summed E-state index contributed by atoms with van der Waals surface area (Å²) in [4.78, 5) is 16.5. The average molecular weight is 277 g/mol. The summed E-state index contributed by atoms with van der Waals surface area (Å²) in [5.41, 5.74) is -0.543. The van der Waals surface area contributed by atoms with Crippen LogP contribution in [-0.4, -0.2) is 47.9 Å². The molecule has 0 spiro atoms. The molecule has 0 radical (unpaired) electrons. The van der Waals surface area contributed by atoms with Crippen LogP contribution in [0.5, 0.6) is 0 Å². The molecule has 0 aromatic carbocycles. The largest absolute Gasteiger partial charge is 0.326 e. The molecule has 112 valence electrons. The predicted molar refractivity (Wildman–Crippen MR) is 79.0 cm³/mol. The zero-order valence-electron chi connectivity index (χ0n) is 12.9. The van der Waals surface area contributed by atoms with Gasteiger partial charge in [-0.05, 0) is 44.7 Å². The number of carbonyl (C=O) groups excluding carboxylic acids is 1. The fraction of sp³-hybridized carbons (Fsp3) is 0.875. The lowest BCUT2D eigenvalue weighted by Gasteiger charge is -2.40. The Kier molecular flexibility index (Phi) is 5.04. The molecule has 2 aliphatic rings. The van der Waals surface area contributed by atoms with Crippen molar-refractivity contribution in [3.05, 3.63) is 0 Å². The molecular weight excluding hydrogens is 250 g/mol. The maximum absolute atomic E-state index is 12.5. The monoisotopic (exact) mass is 277 g/mol. The number of likely N-dealkylation sites (N-methyl/N-ethyl adjacent to an activating group) is 1. The Hall–Kier alpha value is -1.08. The average Bonchev–Trinajstić information content (AvgIpc) is 2.49. The summed E-state index contributed by atoms with van der Waals surface area (Å²) in [7, 11) is 1.82. The van der Waals surface area contributed by atoms with Gasteiger partial charge in [-0.1, -0.05) is 26.2 Å². The third-order valence-corrected chi connectivity index (χ3v) is 5.14. The molecule has 0 aromatic heterocycles. The highest BCUT2D eigenvalue weighted by Gasteiger charge is 2.39. The molecule has 1 amide bonds. The van der Waals surface area contributed by atoms with Crippen LogP contribution in [0.15, 0.2) is 0 Å². The summed E-state index contributed by atoms with van der Waals surface area (Å²) < 4.78 is 0. The number of amides is 1. The van der Waals surface area contributed by atoms with E-state index in [4.69, 9.17) is 0 Å². The van der Waals surface area contributed by atoms with E-state index in [1.54, 1.807) is 4.90 Å². The van der Waals surface area contributed by atoms with Crippen LogP contribution in [0.2, 0.25) is 0 Å². The molecule has 4 nitrogen and oxygen atoms in total. The van der Waals surface area contributed by atoms with Crippen molar-refractivity contribution in [1.82, 2.24) is 9.80 Å². The lowest BCUT2D eigenvalue weighted by molar-refractivity contribution is -0.136. The fourth-order valence-corrected chi connectivity index (χ4v) is 3.42. The van der Waals surface area contributed by atoms with Gasteiger partial charge in [0.05, 0.1) is 12.6 Å². The van der Waals surface area contributed by atoms with Gasteiger partial charge < -0.3 is 4.90 Å². The second-order valence-corrected chi connectivity index (χ2v) is 6.62. The summed E-state index contributed by atoms with van der Waals surface area (Å²) in [6.07, 6.45) is 7.35. The fourth-order valence-electron chi connectivity index (χ4n) is 3.42. The van der Waals surface area contributed by atoms with Gasteiger partial charge in [0.1, 0.15) is 5.54 Å². The number of nitrogens with zero attached hydrogens (tertiary/aromatic N) is 3. The van der Waals surface area contributed by atoms with Gasteiger partial charge in [-0.25, -0.2) is 0 Å². The van der Waals surface area contributed by atoms with Crippen molar-refractivity contribution in [2.75, 3.05) is 26.7 Å². The van der Waals surface area contributed by atoms with E-state index >= 15 is 0 Å². The normalized spacial score (nSPS) is 24.1. The molecule has 1 saturated carbocycles. The minimum absolute atomic E-state index is 0.114. The Morgan fingerprint density at radius 2 is 1.90 bits per heavy atom. The van der Waals surface area contributed by atoms with Gasteiger partial charge in [0.2, 0.25) is 5.91 Å². The minimum atomic E-state index is -0.543. The van der Waals surface area contributed by atoms with E-state index in [9.17, 15) is 10.1 Å². The topological polar surface area (TPSA) is 47.3 Å². The number of likely N-dealkylation sites (tertiary alicyclic amines) is 1. The van der Waals surface area contributed by atoms with Gasteiger partial charge in [0.25, 0.3) is 0 Å². The number of piperidine rings is 1. The molecule has 1 saturated heterocycles. The van der Waals surface area contributed by atoms with Crippen molar-refractivity contribution in [2.45, 2.75) is 57.4 Å². The third kappa shape index (κ3) is 3.32. The Morgan fingerprint density at radius 3 is 2.45 bits per heavy atom. The van der Waals surface area contributed by atoms with Gasteiger partial charge in [-0.3, -0.25) is 9.69 Å². The number of hydrogen-bond acceptors (Lipinski definition) is 3. The van der Waals surface area contributed by atoms with Crippen LogP contribution >= 0.6 is 0 Å². The van der Waals surface area contributed by atoms with Crippen molar-refractivity contribution in [3.63, 3.8) is 0 Å². The Morgan fingerprint density at radius 1 is 1.30 bits per heavy atom. The summed E-state index contributed by atoms with van der Waals surface area (Å²) in [5.74, 6) is 0.894. The number of rotatable bonds is 3. The number of carbonyl (C=O) groups is 1. The molecule has 1 aliphatic heterocycles. The summed E-state index contributed by atoms with van der Waals surface area (Å²) in [6.45, 7) is 4.78. The first-order valence-corrected chi connectivity index (χ1v) is 7.98. The molecule has 0 unspecified atom stereocenters. The lowest BCUT2D eigenvalue weighted by atomic mass is 9.81. The van der Waals surface area contributed by atoms with Gasteiger partial charge in [0, 0.05) is 7.05 Å². The molecule has 0 aromatic rings. The van der Waals surface area contributed by atoms with Gasteiger partial charge in [-0.15, -0.1) is 0 Å². The van der Waals surface area contributed by atoms with E-state index in [2.05, 4.69) is 17.9 Å². The lowest BCUT2D eigenvalue weighted by Crippen LogP contribution is -2.53. The highest BCUT2D eigenvalue weighted by atomic mass is 16.2. The summed E-state index contributed by atoms with van der Waals surface area (Å²) in [5, 5.41) is 9.54. The van der Waals surface area contributed by atoms with E-state index in [0.717, 1.165) is 44.7 Å². The summed E-state index contributed by atoms with van der Waals surface area (Å²) in [6, 6.07) is 2.43. The molecule has 0 bridgehead atoms. The zero-order chi connectivity index (χ0) is 14.6. The van der Waals surface area contributed by atoms with Crippen molar-refractivity contribution < 1.29 is 4.79 Å². The van der Waals surface area contributed by atoms with E-state index in [1.807, 2.05) is 7.05 Å². The second-order valence-electron chi connectivity index (χ2n) is 6.62. The molecule has 0 N–H and O–H groups in total. The molecule has 4 heteroatoms. The maximum Gasteiger partial charge on any atom is 0.237 e. The highest BCUT2D eigenvalue weighted by Crippen LogP contribution is 2.32. The van der Waals surface area contributed by atoms with Crippen LogP contribution in [-0.2, 0) is 4.79 Å². The highest BCUT2D eigenvalue weighted by molar-refractivity contribution is 5.79. The van der Waals surface area contributed by atoms with E-state index < -0.39 is 5.54 Å². The Balaban J connectivity index is 1.92. The molecule has 2 fully saturated rings. The molecule has 20 heavy (non-hydrogen) atoms. The van der Waals surface area contributed by atoms with Crippen LogP contribution in [0, 0.1) is 17.2 Å². The maximum atomic E-state index is 12.5. The van der Waals surface area contributed by atoms with Crippen LogP contribution in [0.3, 0.4) is 0 Å². The molecule has 0 atom stereocenters. The third-order valence-electron chi connectivity index (χ3n) is 5.14. The first kappa shape index (κ1) is 15.3. The van der Waals surface area contributed by atoms with E-state index in [-0.39, 0.29) is 5.91 Å². The summed E-state index contributed by atoms with van der Waals surface area (Å²) >= 11 is 0. The van der Waals surface area contributed by atoms with Crippen molar-refractivity contribution >= 4 is 5.91 Å². The molecular formula is C16H27N3O. The van der Waals surface area contributed by atoms with Crippen molar-refractivity contribution in [2.24, 2.45) is 5.92 Å². The zero-order valence-corrected chi connectivity index (χ0v) is 12.9. The molecule has 1 aliphatic carbocycles. The first-order chi connectivity index (χ1) is 9.57.